The first-order valence-corrected chi connectivity index (χ1v) is 25.3. The van der Waals surface area contributed by atoms with E-state index in [4.69, 9.17) is 0 Å². The van der Waals surface area contributed by atoms with E-state index in [0.717, 1.165) is 0 Å². The molecule has 0 spiro atoms. The first-order chi connectivity index (χ1) is 33.8. The zero-order chi connectivity index (χ0) is 45.0. The maximum atomic E-state index is 2.69. The van der Waals surface area contributed by atoms with Crippen molar-refractivity contribution < 1.29 is 0 Å². The van der Waals surface area contributed by atoms with Gasteiger partial charge in [0.15, 0.2) is 0 Å². The van der Waals surface area contributed by atoms with E-state index in [0.29, 0.717) is 12.1 Å². The lowest BCUT2D eigenvalue weighted by Crippen LogP contribution is -2.12. The van der Waals surface area contributed by atoms with Gasteiger partial charge < -0.3 is 9.13 Å². The smallest absolute Gasteiger partial charge is 0.0494 e. The van der Waals surface area contributed by atoms with Crippen molar-refractivity contribution >= 4 is 43.6 Å². The molecular formula is C66H56N2. The number of aromatic nitrogens is 2. The van der Waals surface area contributed by atoms with Crippen LogP contribution in [0.5, 0.6) is 0 Å². The molecule has 2 heterocycles. The summed E-state index contributed by atoms with van der Waals surface area (Å²) < 4.78 is 5.39. The van der Waals surface area contributed by atoms with Crippen LogP contribution in [0, 0.1) is 0 Å². The lowest BCUT2D eigenvalue weighted by Gasteiger charge is -2.29. The summed E-state index contributed by atoms with van der Waals surface area (Å²) in [5.41, 5.74) is 20.2. The number of benzene rings is 9. The van der Waals surface area contributed by atoms with Crippen molar-refractivity contribution in [3.05, 3.63) is 206 Å². The second-order valence-corrected chi connectivity index (χ2v) is 19.5. The Bertz CT molecular complexity index is 3260. The highest BCUT2D eigenvalue weighted by Crippen LogP contribution is 2.57. The molecule has 2 fully saturated rings. The summed E-state index contributed by atoms with van der Waals surface area (Å²) in [4.78, 5) is 0. The molecule has 2 saturated carbocycles. The van der Waals surface area contributed by atoms with E-state index in [-0.39, 0.29) is 0 Å². The van der Waals surface area contributed by atoms with Gasteiger partial charge in [-0.1, -0.05) is 208 Å². The lowest BCUT2D eigenvalue weighted by molar-refractivity contribution is 0.367. The SMILES string of the molecule is c1ccc(-c2c(-c3ccccc3)c(-c3ccc4c(c3)c3ccccc3n4C3CCCCC3)c(-c3ccccc3)c(-c3ccccc3)c2-c2ccc3c(c2)c2ccccc2n3C2CCCCC2)cc1. The Hall–Kier alpha value is -7.42. The van der Waals surface area contributed by atoms with Gasteiger partial charge in [-0.3, -0.25) is 0 Å². The standard InChI is InChI=1S/C66H56N2/c1-7-23-45(24-8-1)61-62(46-25-9-2-10-26-46)66(50-40-42-60-56(44-50)54-36-20-22-38-58(54)68(60)52-33-17-6-18-34-52)64(48-29-13-4-14-30-48)63(47-27-11-3-12-28-47)65(61)49-39-41-59-55(43-49)53-35-19-21-37-57(53)67(59)51-31-15-5-16-32-51/h1-4,7-14,19-30,35-44,51-52H,5-6,15-18,31-34H2. The zero-order valence-electron chi connectivity index (χ0n) is 38.8. The molecule has 0 bridgehead atoms. The van der Waals surface area contributed by atoms with Crippen LogP contribution in [0.4, 0.5) is 0 Å². The summed E-state index contributed by atoms with van der Waals surface area (Å²) in [6.45, 7) is 0. The average molecular weight is 877 g/mol. The molecule has 2 aliphatic carbocycles. The molecule has 0 aliphatic heterocycles. The molecule has 330 valence electrons. The van der Waals surface area contributed by atoms with Crippen molar-refractivity contribution in [2.24, 2.45) is 0 Å². The highest BCUT2D eigenvalue weighted by Gasteiger charge is 2.31. The van der Waals surface area contributed by atoms with Crippen molar-refractivity contribution in [3.63, 3.8) is 0 Å². The van der Waals surface area contributed by atoms with E-state index in [2.05, 4.69) is 215 Å². The third kappa shape index (κ3) is 6.83. The van der Waals surface area contributed by atoms with Crippen molar-refractivity contribution in [1.82, 2.24) is 9.13 Å². The van der Waals surface area contributed by atoms with Gasteiger partial charge in [-0.2, -0.15) is 0 Å². The van der Waals surface area contributed by atoms with E-state index in [9.17, 15) is 0 Å². The highest BCUT2D eigenvalue weighted by molar-refractivity contribution is 6.18. The minimum absolute atomic E-state index is 0.513. The van der Waals surface area contributed by atoms with Gasteiger partial charge >= 0.3 is 0 Å². The minimum atomic E-state index is 0.513. The number of fused-ring (bicyclic) bond motifs is 6. The van der Waals surface area contributed by atoms with E-state index in [1.165, 1.54) is 175 Å². The third-order valence-corrected chi connectivity index (χ3v) is 15.6. The normalized spacial score (nSPS) is 14.9. The van der Waals surface area contributed by atoms with Crippen LogP contribution >= 0.6 is 0 Å². The molecule has 0 unspecified atom stereocenters. The number of rotatable bonds is 8. The number of hydrogen-bond donors (Lipinski definition) is 0. The molecule has 2 nitrogen and oxygen atoms in total. The lowest BCUT2D eigenvalue weighted by atomic mass is 9.74. The molecule has 68 heavy (non-hydrogen) atoms. The molecule has 2 heteroatoms. The summed E-state index contributed by atoms with van der Waals surface area (Å²) >= 11 is 0. The van der Waals surface area contributed by atoms with Gasteiger partial charge in [0.2, 0.25) is 0 Å². The quantitative estimate of drug-likeness (QED) is 0.144. The van der Waals surface area contributed by atoms with Crippen LogP contribution in [0.15, 0.2) is 206 Å². The Morgan fingerprint density at radius 2 is 0.515 bits per heavy atom. The Morgan fingerprint density at radius 3 is 0.853 bits per heavy atom. The largest absolute Gasteiger partial charge is 0.337 e. The number of nitrogens with zero attached hydrogens (tertiary/aromatic N) is 2. The Balaban J connectivity index is 1.20. The molecule has 0 radical (unpaired) electrons. The summed E-state index contributed by atoms with van der Waals surface area (Å²) in [5, 5.41) is 5.32. The first kappa shape index (κ1) is 40.8. The maximum absolute atomic E-state index is 2.69. The average Bonchev–Trinajstić information content (AvgIpc) is 3.94. The molecule has 13 rings (SSSR count). The Kier molecular flexibility index (Phi) is 10.4. The van der Waals surface area contributed by atoms with Crippen LogP contribution in [0.2, 0.25) is 0 Å². The molecule has 9 aromatic carbocycles. The van der Waals surface area contributed by atoms with E-state index in [1.807, 2.05) is 0 Å². The summed E-state index contributed by atoms with van der Waals surface area (Å²) in [7, 11) is 0. The van der Waals surface area contributed by atoms with Crippen LogP contribution in [0.1, 0.15) is 76.3 Å². The van der Waals surface area contributed by atoms with Gasteiger partial charge in [-0.05, 0) is 129 Å². The van der Waals surface area contributed by atoms with Gasteiger partial charge in [0.25, 0.3) is 0 Å². The van der Waals surface area contributed by atoms with Crippen molar-refractivity contribution in [2.75, 3.05) is 0 Å². The minimum Gasteiger partial charge on any atom is -0.337 e. The molecule has 0 amide bonds. The maximum Gasteiger partial charge on any atom is 0.0494 e. The van der Waals surface area contributed by atoms with Gasteiger partial charge in [-0.25, -0.2) is 0 Å². The first-order valence-electron chi connectivity index (χ1n) is 25.3. The Labute approximate surface area is 400 Å². The summed E-state index contributed by atoms with van der Waals surface area (Å²) in [6, 6.07) is 79.3. The number of para-hydroxylation sites is 2. The highest BCUT2D eigenvalue weighted by atomic mass is 15.0. The second kappa shape index (κ2) is 17.3. The monoisotopic (exact) mass is 876 g/mol. The zero-order valence-corrected chi connectivity index (χ0v) is 38.8. The fraction of sp³-hybridized carbons (Fsp3) is 0.182. The van der Waals surface area contributed by atoms with Crippen LogP contribution in [0.3, 0.4) is 0 Å². The summed E-state index contributed by atoms with van der Waals surface area (Å²) in [5.74, 6) is 0. The van der Waals surface area contributed by atoms with Crippen LogP contribution in [-0.2, 0) is 0 Å². The van der Waals surface area contributed by atoms with Gasteiger partial charge in [0, 0.05) is 55.7 Å². The van der Waals surface area contributed by atoms with Gasteiger partial charge in [0.1, 0.15) is 0 Å². The van der Waals surface area contributed by atoms with E-state index in [1.54, 1.807) is 0 Å². The fourth-order valence-electron chi connectivity index (χ4n) is 12.7. The molecular weight excluding hydrogens is 821 g/mol. The summed E-state index contributed by atoms with van der Waals surface area (Å²) in [6.07, 6.45) is 12.8. The molecule has 2 aromatic heterocycles. The van der Waals surface area contributed by atoms with Crippen LogP contribution in [-0.4, -0.2) is 9.13 Å². The molecule has 0 N–H and O–H groups in total. The van der Waals surface area contributed by atoms with Gasteiger partial charge in [-0.15, -0.1) is 0 Å². The molecule has 2 aliphatic rings. The predicted molar refractivity (Wildman–Crippen MR) is 289 cm³/mol. The van der Waals surface area contributed by atoms with Crippen molar-refractivity contribution in [1.29, 1.82) is 0 Å². The second-order valence-electron chi connectivity index (χ2n) is 19.5. The molecule has 0 atom stereocenters. The van der Waals surface area contributed by atoms with Crippen molar-refractivity contribution in [3.8, 4) is 66.8 Å². The Morgan fingerprint density at radius 1 is 0.235 bits per heavy atom. The van der Waals surface area contributed by atoms with Crippen molar-refractivity contribution in [2.45, 2.75) is 76.3 Å². The van der Waals surface area contributed by atoms with Crippen LogP contribution in [0.25, 0.3) is 110 Å². The molecule has 11 aromatic rings. The topological polar surface area (TPSA) is 9.86 Å². The van der Waals surface area contributed by atoms with E-state index < -0.39 is 0 Å². The predicted octanol–water partition coefficient (Wildman–Crippen LogP) is 18.9. The third-order valence-electron chi connectivity index (χ3n) is 15.6. The van der Waals surface area contributed by atoms with E-state index >= 15 is 0 Å². The van der Waals surface area contributed by atoms with Crippen LogP contribution < -0.4 is 0 Å². The fourth-order valence-corrected chi connectivity index (χ4v) is 12.7. The number of hydrogen-bond acceptors (Lipinski definition) is 0. The molecule has 0 saturated heterocycles. The van der Waals surface area contributed by atoms with Gasteiger partial charge in [0.05, 0.1) is 0 Å².